The summed E-state index contributed by atoms with van der Waals surface area (Å²) in [6.45, 7) is 3.88. The van der Waals surface area contributed by atoms with E-state index in [4.69, 9.17) is 5.26 Å². The lowest BCUT2D eigenvalue weighted by Gasteiger charge is -2.30. The summed E-state index contributed by atoms with van der Waals surface area (Å²) >= 11 is 0. The van der Waals surface area contributed by atoms with E-state index in [1.807, 2.05) is 44.2 Å². The van der Waals surface area contributed by atoms with Gasteiger partial charge in [0, 0.05) is 11.3 Å². The van der Waals surface area contributed by atoms with Gasteiger partial charge in [-0.05, 0) is 24.1 Å². The molecule has 0 heterocycles. The van der Waals surface area contributed by atoms with E-state index in [0.717, 1.165) is 5.56 Å². The molecule has 0 amide bonds. The maximum Gasteiger partial charge on any atom is 0.175 e. The van der Waals surface area contributed by atoms with Crippen molar-refractivity contribution in [2.45, 2.75) is 20.3 Å². The van der Waals surface area contributed by atoms with Crippen LogP contribution in [0.1, 0.15) is 25.8 Å². The molecule has 2 rings (SSSR count). The number of phenols is 1. The zero-order valence-corrected chi connectivity index (χ0v) is 11.6. The van der Waals surface area contributed by atoms with Gasteiger partial charge in [0.15, 0.2) is 5.78 Å². The fraction of sp³-hybridized carbons (Fsp3) is 0.294. The normalized spacial score (nSPS) is 26.4. The van der Waals surface area contributed by atoms with Crippen molar-refractivity contribution in [3.05, 3.63) is 47.6 Å². The van der Waals surface area contributed by atoms with Crippen LogP contribution in [0, 0.1) is 22.7 Å². The van der Waals surface area contributed by atoms with Crippen molar-refractivity contribution in [3.8, 4) is 11.8 Å². The molecule has 2 unspecified atom stereocenters. The van der Waals surface area contributed by atoms with Gasteiger partial charge in [0.2, 0.25) is 0 Å². The topological polar surface area (TPSA) is 61.1 Å². The molecule has 2 atom stereocenters. The molecule has 0 bridgehead atoms. The predicted molar refractivity (Wildman–Crippen MR) is 77.7 cm³/mol. The number of phenolic OH excluding ortho intramolecular Hbond substituents is 1. The number of rotatable bonds is 2. The number of carbonyl (C=O) groups is 1. The maximum atomic E-state index is 11.8. The van der Waals surface area contributed by atoms with Crippen LogP contribution in [0.15, 0.2) is 42.0 Å². The second-order valence-corrected chi connectivity index (χ2v) is 5.57. The Labute approximate surface area is 118 Å². The first-order valence-electron chi connectivity index (χ1n) is 6.59. The molecular formula is C17H17NO2. The van der Waals surface area contributed by atoms with Crippen molar-refractivity contribution in [1.82, 2.24) is 0 Å². The van der Waals surface area contributed by atoms with E-state index in [2.05, 4.69) is 0 Å². The molecule has 1 aromatic carbocycles. The molecule has 1 aliphatic rings. The summed E-state index contributed by atoms with van der Waals surface area (Å²) in [5.74, 6) is 0.0315. The smallest absolute Gasteiger partial charge is 0.175 e. The van der Waals surface area contributed by atoms with Gasteiger partial charge in [-0.3, -0.25) is 4.79 Å². The zero-order chi connectivity index (χ0) is 14.8. The Bertz CT molecular complexity index is 619. The van der Waals surface area contributed by atoms with E-state index in [1.54, 1.807) is 18.2 Å². The maximum absolute atomic E-state index is 11.8. The van der Waals surface area contributed by atoms with Crippen LogP contribution >= 0.6 is 0 Å². The van der Waals surface area contributed by atoms with E-state index in [-0.39, 0.29) is 28.4 Å². The monoisotopic (exact) mass is 267 g/mol. The van der Waals surface area contributed by atoms with E-state index in [1.165, 1.54) is 0 Å². The molecule has 0 radical (unpaired) electrons. The minimum Gasteiger partial charge on any atom is -0.508 e. The molecule has 102 valence electrons. The number of Topliss-reactive ketones (excluding diaryl/α,β-unsaturated/α-hetero) is 1. The molecule has 0 saturated heterocycles. The number of allylic oxidation sites excluding steroid dienone is 3. The highest BCUT2D eigenvalue weighted by molar-refractivity contribution is 6.01. The number of nitrogens with zero attached hydrogens (tertiary/aromatic N) is 1. The highest BCUT2D eigenvalue weighted by Gasteiger charge is 2.33. The Balaban J connectivity index is 2.27. The Kier molecular flexibility index (Phi) is 3.76. The summed E-state index contributed by atoms with van der Waals surface area (Å²) in [6, 6.07) is 8.89. The lowest BCUT2D eigenvalue weighted by Crippen LogP contribution is -2.27. The van der Waals surface area contributed by atoms with Gasteiger partial charge in [-0.15, -0.1) is 0 Å². The molecular weight excluding hydrogens is 250 g/mol. The first-order chi connectivity index (χ1) is 9.43. The summed E-state index contributed by atoms with van der Waals surface area (Å²) in [7, 11) is 0. The molecule has 1 aliphatic carbocycles. The van der Waals surface area contributed by atoms with Gasteiger partial charge in [0.05, 0.1) is 5.57 Å². The van der Waals surface area contributed by atoms with Gasteiger partial charge in [-0.1, -0.05) is 44.2 Å². The Morgan fingerprint density at radius 1 is 1.40 bits per heavy atom. The van der Waals surface area contributed by atoms with Crippen LogP contribution in [0.5, 0.6) is 5.75 Å². The van der Waals surface area contributed by atoms with Crippen LogP contribution in [-0.2, 0) is 4.79 Å². The first-order valence-corrected chi connectivity index (χ1v) is 6.59. The van der Waals surface area contributed by atoms with Crippen LogP contribution < -0.4 is 0 Å². The number of hydrogen-bond donors (Lipinski definition) is 1. The minimum absolute atomic E-state index is 0.0667. The average molecular weight is 267 g/mol. The van der Waals surface area contributed by atoms with Crippen LogP contribution in [0.2, 0.25) is 0 Å². The molecule has 0 aromatic heterocycles. The SMILES string of the molecule is CC1CC(C)(C=Cc2ccc(O)cc2)C=C(C#N)C1=O. The molecule has 1 N–H and O–H groups in total. The van der Waals surface area contributed by atoms with Gasteiger partial charge in [-0.25, -0.2) is 0 Å². The van der Waals surface area contributed by atoms with Gasteiger partial charge < -0.3 is 5.11 Å². The fourth-order valence-electron chi connectivity index (χ4n) is 2.55. The Hall–Kier alpha value is -2.34. The van der Waals surface area contributed by atoms with Crippen molar-refractivity contribution in [3.63, 3.8) is 0 Å². The summed E-state index contributed by atoms with van der Waals surface area (Å²) in [4.78, 5) is 11.8. The van der Waals surface area contributed by atoms with Crippen LogP contribution in [0.4, 0.5) is 0 Å². The van der Waals surface area contributed by atoms with Crippen molar-refractivity contribution < 1.29 is 9.90 Å². The first kappa shape index (κ1) is 14.1. The van der Waals surface area contributed by atoms with E-state index < -0.39 is 0 Å². The van der Waals surface area contributed by atoms with E-state index in [0.29, 0.717) is 6.42 Å². The molecule has 20 heavy (non-hydrogen) atoms. The van der Waals surface area contributed by atoms with E-state index >= 15 is 0 Å². The van der Waals surface area contributed by atoms with Gasteiger partial charge in [0.25, 0.3) is 0 Å². The largest absolute Gasteiger partial charge is 0.508 e. The predicted octanol–water partition coefficient (Wildman–Crippen LogP) is 3.47. The molecule has 3 heteroatoms. The number of hydrogen-bond acceptors (Lipinski definition) is 3. The molecule has 0 fully saturated rings. The van der Waals surface area contributed by atoms with Crippen molar-refractivity contribution in [2.75, 3.05) is 0 Å². The summed E-state index contributed by atoms with van der Waals surface area (Å²) in [5, 5.41) is 18.3. The minimum atomic E-state index is -0.295. The molecule has 3 nitrogen and oxygen atoms in total. The third-order valence-electron chi connectivity index (χ3n) is 3.60. The Morgan fingerprint density at radius 3 is 2.65 bits per heavy atom. The number of aromatic hydroxyl groups is 1. The summed E-state index contributed by atoms with van der Waals surface area (Å²) < 4.78 is 0. The van der Waals surface area contributed by atoms with Gasteiger partial charge in [0.1, 0.15) is 11.8 Å². The zero-order valence-electron chi connectivity index (χ0n) is 11.6. The third-order valence-corrected chi connectivity index (χ3v) is 3.60. The lowest BCUT2D eigenvalue weighted by molar-refractivity contribution is -0.119. The standard InChI is InChI=1S/C17H17NO2/c1-12-9-17(2,10-14(11-18)16(12)20)8-7-13-3-5-15(19)6-4-13/h3-8,10,12,19H,9H2,1-2H3. The summed E-state index contributed by atoms with van der Waals surface area (Å²) in [5.41, 5.74) is 0.929. The summed E-state index contributed by atoms with van der Waals surface area (Å²) in [6.07, 6.45) is 6.42. The average Bonchev–Trinajstić information content (AvgIpc) is 2.42. The van der Waals surface area contributed by atoms with Crippen molar-refractivity contribution >= 4 is 11.9 Å². The highest BCUT2D eigenvalue weighted by Crippen LogP contribution is 2.37. The third kappa shape index (κ3) is 2.97. The fourth-order valence-corrected chi connectivity index (χ4v) is 2.55. The van der Waals surface area contributed by atoms with E-state index in [9.17, 15) is 9.90 Å². The van der Waals surface area contributed by atoms with Crippen LogP contribution in [0.3, 0.4) is 0 Å². The Morgan fingerprint density at radius 2 is 2.05 bits per heavy atom. The van der Waals surface area contributed by atoms with Crippen molar-refractivity contribution in [1.29, 1.82) is 5.26 Å². The van der Waals surface area contributed by atoms with Crippen molar-refractivity contribution in [2.24, 2.45) is 11.3 Å². The second kappa shape index (κ2) is 5.34. The molecule has 0 spiro atoms. The molecule has 0 aliphatic heterocycles. The van der Waals surface area contributed by atoms with Gasteiger partial charge in [-0.2, -0.15) is 5.26 Å². The number of ketones is 1. The molecule has 1 aromatic rings. The van der Waals surface area contributed by atoms with Crippen LogP contribution in [-0.4, -0.2) is 10.9 Å². The number of nitriles is 1. The van der Waals surface area contributed by atoms with Crippen LogP contribution in [0.25, 0.3) is 6.08 Å². The number of benzene rings is 1. The second-order valence-electron chi connectivity index (χ2n) is 5.57. The number of carbonyl (C=O) groups excluding carboxylic acids is 1. The lowest BCUT2D eigenvalue weighted by atomic mass is 9.72. The highest BCUT2D eigenvalue weighted by atomic mass is 16.3. The molecule has 0 saturated carbocycles. The quantitative estimate of drug-likeness (QED) is 0.892. The van der Waals surface area contributed by atoms with Gasteiger partial charge >= 0.3 is 0 Å².